The minimum Gasteiger partial charge on any atom is -0.466 e. The number of nitrogens with two attached hydrogens (primary N) is 1. The highest BCUT2D eigenvalue weighted by Crippen LogP contribution is 2.07. The van der Waals surface area contributed by atoms with Gasteiger partial charge in [0.15, 0.2) is 0 Å². The lowest BCUT2D eigenvalue weighted by Gasteiger charge is -1.91. The van der Waals surface area contributed by atoms with Crippen molar-refractivity contribution in [1.82, 2.24) is 5.32 Å². The largest absolute Gasteiger partial charge is 0.466 e. The van der Waals surface area contributed by atoms with Crippen LogP contribution >= 0.6 is 0 Å². The summed E-state index contributed by atoms with van der Waals surface area (Å²) in [7, 11) is 3.75. The number of rotatable bonds is 3. The first kappa shape index (κ1) is 12.2. The molecule has 0 radical (unpaired) electrons. The molecule has 76 valence electrons. The van der Waals surface area contributed by atoms with E-state index in [1.165, 1.54) is 0 Å². The summed E-state index contributed by atoms with van der Waals surface area (Å²) in [6.45, 7) is 2.69. The number of hydrogen-bond donors (Lipinski definition) is 2. The summed E-state index contributed by atoms with van der Waals surface area (Å²) in [5.74, 6) is 2.02. The summed E-state index contributed by atoms with van der Waals surface area (Å²) < 4.78 is 5.33. The van der Waals surface area contributed by atoms with E-state index in [2.05, 4.69) is 5.32 Å². The topological polar surface area (TPSA) is 51.2 Å². The minimum atomic E-state index is 0.736. The van der Waals surface area contributed by atoms with E-state index in [1.54, 1.807) is 0 Å². The van der Waals surface area contributed by atoms with Crippen LogP contribution in [0, 0.1) is 6.92 Å². The van der Waals surface area contributed by atoms with Gasteiger partial charge in [-0.3, -0.25) is 0 Å². The molecule has 3 N–H and O–H groups in total. The Morgan fingerprint density at radius 2 is 2.00 bits per heavy atom. The van der Waals surface area contributed by atoms with Gasteiger partial charge < -0.3 is 15.5 Å². The molecule has 1 aromatic heterocycles. The summed E-state index contributed by atoms with van der Waals surface area (Å²) in [6, 6.07) is 3.98. The number of furan rings is 1. The third-order valence-corrected chi connectivity index (χ3v) is 1.42. The standard InChI is InChI=1S/C8H13NO.C2H7N/c1-7-4-5-8(10-7)3-2-6-9;1-3-2/h4-5H,2-3,6,9H2,1H3;3H,1-2H3. The van der Waals surface area contributed by atoms with Crippen molar-refractivity contribution < 1.29 is 4.42 Å². The molecule has 0 unspecified atom stereocenters. The van der Waals surface area contributed by atoms with Gasteiger partial charge in [-0.2, -0.15) is 0 Å². The number of nitrogens with one attached hydrogen (secondary N) is 1. The fourth-order valence-corrected chi connectivity index (χ4v) is 0.896. The van der Waals surface area contributed by atoms with Crippen LogP contribution in [0.2, 0.25) is 0 Å². The molecule has 1 aromatic rings. The summed E-state index contributed by atoms with van der Waals surface area (Å²) in [5, 5.41) is 2.75. The van der Waals surface area contributed by atoms with Gasteiger partial charge in [0.05, 0.1) is 0 Å². The average Bonchev–Trinajstić information content (AvgIpc) is 2.49. The Morgan fingerprint density at radius 1 is 1.38 bits per heavy atom. The molecule has 0 aliphatic carbocycles. The van der Waals surface area contributed by atoms with Crippen molar-refractivity contribution in [2.45, 2.75) is 19.8 Å². The molecule has 13 heavy (non-hydrogen) atoms. The van der Waals surface area contributed by atoms with Gasteiger partial charge in [0.1, 0.15) is 11.5 Å². The van der Waals surface area contributed by atoms with Crippen LogP contribution < -0.4 is 11.1 Å². The van der Waals surface area contributed by atoms with Gasteiger partial charge in [0, 0.05) is 6.42 Å². The molecule has 0 spiro atoms. The van der Waals surface area contributed by atoms with Gasteiger partial charge in [-0.25, -0.2) is 0 Å². The first-order chi connectivity index (χ1) is 6.24. The zero-order valence-electron chi connectivity index (χ0n) is 8.76. The third kappa shape index (κ3) is 6.37. The van der Waals surface area contributed by atoms with Gasteiger partial charge in [-0.05, 0) is 46.1 Å². The van der Waals surface area contributed by atoms with E-state index in [0.717, 1.165) is 30.9 Å². The maximum absolute atomic E-state index is 5.34. The SMILES string of the molecule is CNC.Cc1ccc(CCCN)o1. The van der Waals surface area contributed by atoms with Gasteiger partial charge in [-0.15, -0.1) is 0 Å². The second kappa shape index (κ2) is 7.83. The van der Waals surface area contributed by atoms with E-state index < -0.39 is 0 Å². The summed E-state index contributed by atoms with van der Waals surface area (Å²) in [4.78, 5) is 0. The van der Waals surface area contributed by atoms with Gasteiger partial charge >= 0.3 is 0 Å². The summed E-state index contributed by atoms with van der Waals surface area (Å²) >= 11 is 0. The average molecular weight is 184 g/mol. The van der Waals surface area contributed by atoms with E-state index in [-0.39, 0.29) is 0 Å². The molecular weight excluding hydrogens is 164 g/mol. The van der Waals surface area contributed by atoms with Crippen LogP contribution in [0.25, 0.3) is 0 Å². The van der Waals surface area contributed by atoms with E-state index >= 15 is 0 Å². The predicted octanol–water partition coefficient (Wildman–Crippen LogP) is 1.31. The monoisotopic (exact) mass is 184 g/mol. The molecule has 0 bridgehead atoms. The fourth-order valence-electron chi connectivity index (χ4n) is 0.896. The maximum atomic E-state index is 5.34. The molecule has 0 saturated carbocycles. The van der Waals surface area contributed by atoms with Gasteiger partial charge in [0.25, 0.3) is 0 Å². The molecule has 0 aromatic carbocycles. The molecule has 1 heterocycles. The molecular formula is C10H20N2O. The smallest absolute Gasteiger partial charge is 0.104 e. The molecule has 0 aliphatic rings. The quantitative estimate of drug-likeness (QED) is 0.744. The Hall–Kier alpha value is -0.800. The first-order valence-corrected chi connectivity index (χ1v) is 4.58. The lowest BCUT2D eigenvalue weighted by atomic mass is 10.2. The van der Waals surface area contributed by atoms with Crippen LogP contribution in [0.4, 0.5) is 0 Å². The Kier molecular flexibility index (Phi) is 7.35. The lowest BCUT2D eigenvalue weighted by Crippen LogP contribution is -1.99. The minimum absolute atomic E-state index is 0.736. The Labute approximate surface area is 80.3 Å². The molecule has 3 heteroatoms. The molecule has 0 fully saturated rings. The molecule has 0 amide bonds. The van der Waals surface area contributed by atoms with Gasteiger partial charge in [-0.1, -0.05) is 0 Å². The van der Waals surface area contributed by atoms with E-state index in [4.69, 9.17) is 10.2 Å². The van der Waals surface area contributed by atoms with Crippen molar-refractivity contribution in [3.05, 3.63) is 23.7 Å². The Morgan fingerprint density at radius 3 is 2.38 bits per heavy atom. The van der Waals surface area contributed by atoms with Crippen LogP contribution in [-0.2, 0) is 6.42 Å². The van der Waals surface area contributed by atoms with Crippen molar-refractivity contribution >= 4 is 0 Å². The zero-order valence-corrected chi connectivity index (χ0v) is 8.76. The highest BCUT2D eigenvalue weighted by molar-refractivity contribution is 5.05. The molecule has 3 nitrogen and oxygen atoms in total. The maximum Gasteiger partial charge on any atom is 0.104 e. The summed E-state index contributed by atoms with van der Waals surface area (Å²) in [6.07, 6.45) is 1.97. The highest BCUT2D eigenvalue weighted by atomic mass is 16.3. The van der Waals surface area contributed by atoms with Crippen LogP contribution in [-0.4, -0.2) is 20.6 Å². The van der Waals surface area contributed by atoms with Crippen molar-refractivity contribution in [1.29, 1.82) is 0 Å². The van der Waals surface area contributed by atoms with Crippen molar-refractivity contribution in [3.8, 4) is 0 Å². The Balaban J connectivity index is 0.000000424. The zero-order chi connectivity index (χ0) is 10.1. The molecule has 0 saturated heterocycles. The van der Waals surface area contributed by atoms with Crippen molar-refractivity contribution in [2.75, 3.05) is 20.6 Å². The molecule has 0 atom stereocenters. The van der Waals surface area contributed by atoms with E-state index in [0.29, 0.717) is 0 Å². The molecule has 0 aliphatic heterocycles. The normalized spacial score (nSPS) is 9.23. The summed E-state index contributed by atoms with van der Waals surface area (Å²) in [5.41, 5.74) is 5.34. The lowest BCUT2D eigenvalue weighted by molar-refractivity contribution is 0.478. The second-order valence-corrected chi connectivity index (χ2v) is 2.90. The first-order valence-electron chi connectivity index (χ1n) is 4.58. The number of hydrogen-bond acceptors (Lipinski definition) is 3. The van der Waals surface area contributed by atoms with Crippen LogP contribution in [0.1, 0.15) is 17.9 Å². The van der Waals surface area contributed by atoms with Crippen molar-refractivity contribution in [2.24, 2.45) is 5.73 Å². The van der Waals surface area contributed by atoms with Gasteiger partial charge in [0.2, 0.25) is 0 Å². The van der Waals surface area contributed by atoms with E-state index in [9.17, 15) is 0 Å². The van der Waals surface area contributed by atoms with Crippen LogP contribution in [0.5, 0.6) is 0 Å². The predicted molar refractivity (Wildman–Crippen MR) is 55.8 cm³/mol. The van der Waals surface area contributed by atoms with E-state index in [1.807, 2.05) is 33.2 Å². The van der Waals surface area contributed by atoms with Crippen LogP contribution in [0.3, 0.4) is 0 Å². The fraction of sp³-hybridized carbons (Fsp3) is 0.600. The van der Waals surface area contributed by atoms with Crippen molar-refractivity contribution in [3.63, 3.8) is 0 Å². The molecule has 1 rings (SSSR count). The second-order valence-electron chi connectivity index (χ2n) is 2.90. The van der Waals surface area contributed by atoms with Crippen LogP contribution in [0.15, 0.2) is 16.5 Å². The Bertz CT molecular complexity index is 208. The highest BCUT2D eigenvalue weighted by Gasteiger charge is 1.95. The number of aryl methyl sites for hydroxylation is 2. The third-order valence-electron chi connectivity index (χ3n) is 1.42.